The minimum atomic E-state index is -2.99. The summed E-state index contributed by atoms with van der Waals surface area (Å²) in [4.78, 5) is 13.8. The second-order valence-electron chi connectivity index (χ2n) is 5.31. The van der Waals surface area contributed by atoms with Crippen molar-refractivity contribution in [2.45, 2.75) is 19.4 Å². The molecule has 0 N–H and O–H groups in total. The molecular formula is C13H14BrNO3S. The average molecular weight is 344 g/mol. The van der Waals surface area contributed by atoms with Crippen molar-refractivity contribution in [1.29, 1.82) is 0 Å². The third-order valence-electron chi connectivity index (χ3n) is 3.89. The lowest BCUT2D eigenvalue weighted by Gasteiger charge is -2.23. The van der Waals surface area contributed by atoms with E-state index in [0.717, 1.165) is 15.7 Å². The van der Waals surface area contributed by atoms with E-state index in [4.69, 9.17) is 0 Å². The Morgan fingerprint density at radius 3 is 2.74 bits per heavy atom. The minimum Gasteiger partial charge on any atom is -0.308 e. The molecule has 0 aromatic heterocycles. The van der Waals surface area contributed by atoms with Gasteiger partial charge < -0.3 is 4.90 Å². The smallest absolute Gasteiger partial charge is 0.227 e. The molecule has 0 unspecified atom stereocenters. The largest absolute Gasteiger partial charge is 0.308 e. The van der Waals surface area contributed by atoms with Crippen molar-refractivity contribution in [3.05, 3.63) is 28.2 Å². The number of sulfone groups is 1. The standard InChI is InChI=1S/C13H14BrNO3S/c1-8-4-10(2-3-11(8)14)15-12-7-19(17,18)6-9(12)5-13(15)16/h2-4,9,12H,5-7H2,1H3/t9-,12-/m1/s1. The van der Waals surface area contributed by atoms with Crippen molar-refractivity contribution in [3.63, 3.8) is 0 Å². The average Bonchev–Trinajstić information content (AvgIpc) is 2.73. The molecule has 4 nitrogen and oxygen atoms in total. The van der Waals surface area contributed by atoms with Gasteiger partial charge in [0, 0.05) is 22.5 Å². The van der Waals surface area contributed by atoms with E-state index in [1.165, 1.54) is 0 Å². The molecule has 2 saturated heterocycles. The maximum atomic E-state index is 12.1. The number of rotatable bonds is 1. The maximum absolute atomic E-state index is 12.1. The van der Waals surface area contributed by atoms with Crippen LogP contribution in [0.4, 0.5) is 5.69 Å². The van der Waals surface area contributed by atoms with Crippen LogP contribution >= 0.6 is 15.9 Å². The van der Waals surface area contributed by atoms with Gasteiger partial charge in [-0.1, -0.05) is 15.9 Å². The lowest BCUT2D eigenvalue weighted by molar-refractivity contribution is -0.117. The Hall–Kier alpha value is -0.880. The van der Waals surface area contributed by atoms with Crippen molar-refractivity contribution in [1.82, 2.24) is 0 Å². The molecule has 2 heterocycles. The normalized spacial score (nSPS) is 28.7. The molecular weight excluding hydrogens is 330 g/mol. The molecule has 0 aliphatic carbocycles. The van der Waals surface area contributed by atoms with E-state index in [1.807, 2.05) is 25.1 Å². The first-order valence-electron chi connectivity index (χ1n) is 6.16. The van der Waals surface area contributed by atoms with Crippen molar-refractivity contribution < 1.29 is 13.2 Å². The summed E-state index contributed by atoms with van der Waals surface area (Å²) in [5.74, 6) is 0.238. The number of amides is 1. The van der Waals surface area contributed by atoms with Gasteiger partial charge in [-0.2, -0.15) is 0 Å². The predicted molar refractivity (Wildman–Crippen MR) is 76.9 cm³/mol. The third-order valence-corrected chi connectivity index (χ3v) is 6.57. The third kappa shape index (κ3) is 2.21. The Labute approximate surface area is 120 Å². The number of hydrogen-bond acceptors (Lipinski definition) is 3. The molecule has 3 rings (SSSR count). The van der Waals surface area contributed by atoms with Crippen LogP contribution in [0.25, 0.3) is 0 Å². The first-order valence-corrected chi connectivity index (χ1v) is 8.77. The molecule has 2 aliphatic rings. The fourth-order valence-electron chi connectivity index (χ4n) is 3.00. The molecule has 1 amide bonds. The minimum absolute atomic E-state index is 0.0339. The topological polar surface area (TPSA) is 54.5 Å². The monoisotopic (exact) mass is 343 g/mol. The number of benzene rings is 1. The Bertz CT molecular complexity index is 656. The lowest BCUT2D eigenvalue weighted by Crippen LogP contribution is -2.36. The summed E-state index contributed by atoms with van der Waals surface area (Å²) in [6, 6.07) is 5.50. The van der Waals surface area contributed by atoms with Crippen LogP contribution < -0.4 is 4.90 Å². The summed E-state index contributed by atoms with van der Waals surface area (Å²) in [6.45, 7) is 1.96. The lowest BCUT2D eigenvalue weighted by atomic mass is 10.0. The summed E-state index contributed by atoms with van der Waals surface area (Å²) in [7, 11) is -2.99. The summed E-state index contributed by atoms with van der Waals surface area (Å²) in [5.41, 5.74) is 1.84. The van der Waals surface area contributed by atoms with E-state index < -0.39 is 9.84 Å². The van der Waals surface area contributed by atoms with Crippen molar-refractivity contribution in [3.8, 4) is 0 Å². The van der Waals surface area contributed by atoms with Crippen LogP contribution in [0.1, 0.15) is 12.0 Å². The second kappa shape index (κ2) is 4.31. The zero-order valence-electron chi connectivity index (χ0n) is 10.5. The summed E-state index contributed by atoms with van der Waals surface area (Å²) in [5, 5.41) is 0. The van der Waals surface area contributed by atoms with Crippen LogP contribution in [-0.4, -0.2) is 31.9 Å². The molecule has 2 fully saturated rings. The number of fused-ring (bicyclic) bond motifs is 1. The van der Waals surface area contributed by atoms with Gasteiger partial charge >= 0.3 is 0 Å². The molecule has 2 aliphatic heterocycles. The number of nitrogens with zero attached hydrogens (tertiary/aromatic N) is 1. The van der Waals surface area contributed by atoms with Crippen molar-refractivity contribution >= 4 is 37.4 Å². The van der Waals surface area contributed by atoms with Gasteiger partial charge in [-0.25, -0.2) is 8.42 Å². The molecule has 0 saturated carbocycles. The zero-order valence-corrected chi connectivity index (χ0v) is 12.9. The summed E-state index contributed by atoms with van der Waals surface area (Å²) < 4.78 is 24.4. The number of carbonyl (C=O) groups excluding carboxylic acids is 1. The predicted octanol–water partition coefficient (Wildman–Crippen LogP) is 1.91. The fourth-order valence-corrected chi connectivity index (χ4v) is 5.32. The Morgan fingerprint density at radius 1 is 1.32 bits per heavy atom. The van der Waals surface area contributed by atoms with Gasteiger partial charge in [0.05, 0.1) is 17.5 Å². The van der Waals surface area contributed by atoms with Gasteiger partial charge in [0.25, 0.3) is 0 Å². The molecule has 0 radical (unpaired) electrons. The highest BCUT2D eigenvalue weighted by atomic mass is 79.9. The van der Waals surface area contributed by atoms with E-state index in [0.29, 0.717) is 6.42 Å². The number of anilines is 1. The Kier molecular flexibility index (Phi) is 2.98. The van der Waals surface area contributed by atoms with Crippen LogP contribution in [0, 0.1) is 12.8 Å². The first kappa shape index (κ1) is 13.1. The van der Waals surface area contributed by atoms with Gasteiger partial charge in [0.1, 0.15) is 0 Å². The van der Waals surface area contributed by atoms with E-state index in [2.05, 4.69) is 15.9 Å². The summed E-state index contributed by atoms with van der Waals surface area (Å²) in [6.07, 6.45) is 0.346. The zero-order chi connectivity index (χ0) is 13.8. The highest BCUT2D eigenvalue weighted by Gasteiger charge is 2.49. The van der Waals surface area contributed by atoms with Crippen molar-refractivity contribution in [2.75, 3.05) is 16.4 Å². The van der Waals surface area contributed by atoms with Crippen LogP contribution in [0.2, 0.25) is 0 Å². The van der Waals surface area contributed by atoms with Crippen LogP contribution in [-0.2, 0) is 14.6 Å². The second-order valence-corrected chi connectivity index (χ2v) is 8.31. The van der Waals surface area contributed by atoms with Crippen LogP contribution in [0.3, 0.4) is 0 Å². The number of carbonyl (C=O) groups is 1. The van der Waals surface area contributed by atoms with Crippen LogP contribution in [0.5, 0.6) is 0 Å². The Balaban J connectivity index is 1.99. The Morgan fingerprint density at radius 2 is 2.05 bits per heavy atom. The molecule has 0 spiro atoms. The highest BCUT2D eigenvalue weighted by Crippen LogP contribution is 2.37. The van der Waals surface area contributed by atoms with Gasteiger partial charge in [-0.3, -0.25) is 4.79 Å². The van der Waals surface area contributed by atoms with Gasteiger partial charge in [-0.05, 0) is 30.7 Å². The van der Waals surface area contributed by atoms with Gasteiger partial charge in [0.2, 0.25) is 5.91 Å². The summed E-state index contributed by atoms with van der Waals surface area (Å²) >= 11 is 3.43. The number of aryl methyl sites for hydroxylation is 1. The fraction of sp³-hybridized carbons (Fsp3) is 0.462. The van der Waals surface area contributed by atoms with Crippen LogP contribution in [0.15, 0.2) is 22.7 Å². The number of hydrogen-bond donors (Lipinski definition) is 0. The molecule has 0 bridgehead atoms. The van der Waals surface area contributed by atoms with E-state index in [-0.39, 0.29) is 29.4 Å². The quantitative estimate of drug-likeness (QED) is 0.782. The van der Waals surface area contributed by atoms with Gasteiger partial charge in [-0.15, -0.1) is 0 Å². The first-order chi connectivity index (χ1) is 8.87. The molecule has 2 atom stereocenters. The molecule has 1 aromatic rings. The molecule has 6 heteroatoms. The molecule has 1 aromatic carbocycles. The van der Waals surface area contributed by atoms with E-state index in [1.54, 1.807) is 4.90 Å². The molecule has 19 heavy (non-hydrogen) atoms. The maximum Gasteiger partial charge on any atom is 0.227 e. The van der Waals surface area contributed by atoms with E-state index in [9.17, 15) is 13.2 Å². The SMILES string of the molecule is Cc1cc(N2C(=O)C[C@@H]3CS(=O)(=O)C[C@H]32)ccc1Br. The molecule has 102 valence electrons. The van der Waals surface area contributed by atoms with Crippen molar-refractivity contribution in [2.24, 2.45) is 5.92 Å². The van der Waals surface area contributed by atoms with Gasteiger partial charge in [0.15, 0.2) is 9.84 Å². The highest BCUT2D eigenvalue weighted by molar-refractivity contribution is 9.10. The number of halogens is 1. The van der Waals surface area contributed by atoms with E-state index >= 15 is 0 Å².